The van der Waals surface area contributed by atoms with Crippen molar-refractivity contribution in [3.63, 3.8) is 0 Å². The second-order valence-corrected chi connectivity index (χ2v) is 3.67. The Hall–Kier alpha value is -2.14. The molecule has 0 saturated carbocycles. The summed E-state index contributed by atoms with van der Waals surface area (Å²) < 4.78 is 1.62. The standard InChI is InChI=1S/C12H12N2O3/c15-11(8-14-7-1-6-13-14)9-2-4-10(5-3-9)12(16)17/h1-7,11,15H,8H2,(H,16,17). The minimum Gasteiger partial charge on any atom is -0.478 e. The van der Waals surface area contributed by atoms with E-state index in [1.54, 1.807) is 35.3 Å². The average Bonchev–Trinajstić information content (AvgIpc) is 2.82. The molecular weight excluding hydrogens is 220 g/mol. The zero-order valence-corrected chi connectivity index (χ0v) is 9.02. The van der Waals surface area contributed by atoms with E-state index < -0.39 is 12.1 Å². The zero-order valence-electron chi connectivity index (χ0n) is 9.02. The number of hydrogen-bond acceptors (Lipinski definition) is 3. The first kappa shape index (κ1) is 11.3. The lowest BCUT2D eigenvalue weighted by molar-refractivity contribution is 0.0696. The first-order valence-electron chi connectivity index (χ1n) is 5.15. The van der Waals surface area contributed by atoms with Crippen LogP contribution in [-0.4, -0.2) is 26.0 Å². The Bertz CT molecular complexity index is 491. The highest BCUT2D eigenvalue weighted by molar-refractivity contribution is 5.87. The molecule has 2 N–H and O–H groups in total. The van der Waals surface area contributed by atoms with Gasteiger partial charge in [-0.2, -0.15) is 5.10 Å². The predicted octanol–water partition coefficient (Wildman–Crippen LogP) is 1.31. The lowest BCUT2D eigenvalue weighted by Crippen LogP contribution is -2.09. The third-order valence-electron chi connectivity index (χ3n) is 2.46. The number of aromatic nitrogens is 2. The highest BCUT2D eigenvalue weighted by Gasteiger charge is 2.09. The second-order valence-electron chi connectivity index (χ2n) is 3.67. The Morgan fingerprint density at radius 1 is 1.35 bits per heavy atom. The van der Waals surface area contributed by atoms with E-state index in [1.807, 2.05) is 0 Å². The summed E-state index contributed by atoms with van der Waals surface area (Å²) in [6, 6.07) is 7.95. The summed E-state index contributed by atoms with van der Waals surface area (Å²) in [6.07, 6.45) is 2.70. The van der Waals surface area contributed by atoms with Gasteiger partial charge in [-0.15, -0.1) is 0 Å². The molecule has 0 saturated heterocycles. The topological polar surface area (TPSA) is 75.3 Å². The van der Waals surface area contributed by atoms with E-state index in [1.165, 1.54) is 12.1 Å². The Kier molecular flexibility index (Phi) is 3.20. The molecule has 0 amide bonds. The number of rotatable bonds is 4. The van der Waals surface area contributed by atoms with E-state index in [0.29, 0.717) is 12.1 Å². The van der Waals surface area contributed by atoms with Gasteiger partial charge in [-0.1, -0.05) is 12.1 Å². The fourth-order valence-electron chi connectivity index (χ4n) is 1.54. The molecule has 0 aliphatic heterocycles. The molecule has 0 aliphatic rings. The summed E-state index contributed by atoms with van der Waals surface area (Å²) in [6.45, 7) is 0.347. The van der Waals surface area contributed by atoms with Crippen molar-refractivity contribution in [3.8, 4) is 0 Å². The van der Waals surface area contributed by atoms with E-state index in [0.717, 1.165) is 0 Å². The number of carbonyl (C=O) groups is 1. The molecule has 17 heavy (non-hydrogen) atoms. The van der Waals surface area contributed by atoms with Crippen LogP contribution in [-0.2, 0) is 6.54 Å². The Labute approximate surface area is 97.9 Å². The van der Waals surface area contributed by atoms with Crippen LogP contribution in [0.1, 0.15) is 22.0 Å². The van der Waals surface area contributed by atoms with Gasteiger partial charge in [0.15, 0.2) is 0 Å². The first-order chi connectivity index (χ1) is 8.16. The van der Waals surface area contributed by atoms with Crippen LogP contribution in [0, 0.1) is 0 Å². The molecular formula is C12H12N2O3. The highest BCUT2D eigenvalue weighted by atomic mass is 16.4. The quantitative estimate of drug-likeness (QED) is 0.833. The van der Waals surface area contributed by atoms with Crippen molar-refractivity contribution in [1.82, 2.24) is 9.78 Å². The van der Waals surface area contributed by atoms with Crippen LogP contribution in [0.2, 0.25) is 0 Å². The average molecular weight is 232 g/mol. The van der Waals surface area contributed by atoms with E-state index >= 15 is 0 Å². The van der Waals surface area contributed by atoms with Gasteiger partial charge in [0, 0.05) is 12.4 Å². The lowest BCUT2D eigenvalue weighted by Gasteiger charge is -2.11. The molecule has 1 unspecified atom stereocenters. The van der Waals surface area contributed by atoms with E-state index in [4.69, 9.17) is 5.11 Å². The number of carboxylic acid groups (broad SMARTS) is 1. The molecule has 1 aromatic carbocycles. The maximum atomic E-state index is 10.7. The van der Waals surface area contributed by atoms with Gasteiger partial charge in [0.25, 0.3) is 0 Å². The van der Waals surface area contributed by atoms with Gasteiger partial charge in [0.1, 0.15) is 0 Å². The van der Waals surface area contributed by atoms with Crippen molar-refractivity contribution in [2.75, 3.05) is 0 Å². The molecule has 0 radical (unpaired) electrons. The van der Waals surface area contributed by atoms with Crippen LogP contribution in [0.25, 0.3) is 0 Å². The number of aliphatic hydroxyl groups is 1. The monoisotopic (exact) mass is 232 g/mol. The molecule has 0 bridgehead atoms. The molecule has 2 rings (SSSR count). The highest BCUT2D eigenvalue weighted by Crippen LogP contribution is 2.15. The van der Waals surface area contributed by atoms with E-state index in [9.17, 15) is 9.90 Å². The SMILES string of the molecule is O=C(O)c1ccc(C(O)Cn2cccn2)cc1. The molecule has 5 heteroatoms. The zero-order chi connectivity index (χ0) is 12.3. The Morgan fingerprint density at radius 2 is 2.06 bits per heavy atom. The molecule has 0 spiro atoms. The molecule has 1 heterocycles. The molecule has 0 aliphatic carbocycles. The number of carboxylic acids is 1. The first-order valence-corrected chi connectivity index (χ1v) is 5.15. The minimum absolute atomic E-state index is 0.208. The van der Waals surface area contributed by atoms with Crippen molar-refractivity contribution in [3.05, 3.63) is 53.9 Å². The van der Waals surface area contributed by atoms with Crippen molar-refractivity contribution >= 4 is 5.97 Å². The van der Waals surface area contributed by atoms with Crippen molar-refractivity contribution in [1.29, 1.82) is 0 Å². The van der Waals surface area contributed by atoms with Gasteiger partial charge in [0.2, 0.25) is 0 Å². The molecule has 2 aromatic rings. The third kappa shape index (κ3) is 2.70. The van der Waals surface area contributed by atoms with Crippen LogP contribution in [0.15, 0.2) is 42.7 Å². The number of aliphatic hydroxyl groups excluding tert-OH is 1. The van der Waals surface area contributed by atoms with Gasteiger partial charge in [-0.05, 0) is 23.8 Å². The van der Waals surface area contributed by atoms with Gasteiger partial charge in [-0.3, -0.25) is 4.68 Å². The van der Waals surface area contributed by atoms with Crippen LogP contribution >= 0.6 is 0 Å². The molecule has 88 valence electrons. The summed E-state index contributed by atoms with van der Waals surface area (Å²) in [5.41, 5.74) is 0.880. The maximum Gasteiger partial charge on any atom is 0.335 e. The number of aromatic carboxylic acids is 1. The van der Waals surface area contributed by atoms with Gasteiger partial charge in [-0.25, -0.2) is 4.79 Å². The Morgan fingerprint density at radius 3 is 2.59 bits per heavy atom. The molecule has 5 nitrogen and oxygen atoms in total. The van der Waals surface area contributed by atoms with E-state index in [-0.39, 0.29) is 5.56 Å². The third-order valence-corrected chi connectivity index (χ3v) is 2.46. The van der Waals surface area contributed by atoms with Crippen molar-refractivity contribution in [2.24, 2.45) is 0 Å². The van der Waals surface area contributed by atoms with Gasteiger partial charge in [0.05, 0.1) is 18.2 Å². The van der Waals surface area contributed by atoms with Crippen LogP contribution in [0.5, 0.6) is 0 Å². The van der Waals surface area contributed by atoms with Crippen molar-refractivity contribution in [2.45, 2.75) is 12.6 Å². The van der Waals surface area contributed by atoms with Gasteiger partial charge >= 0.3 is 5.97 Å². The summed E-state index contributed by atoms with van der Waals surface area (Å²) in [4.78, 5) is 10.7. The number of hydrogen-bond donors (Lipinski definition) is 2. The summed E-state index contributed by atoms with van der Waals surface area (Å²) in [5, 5.41) is 22.6. The normalized spacial score (nSPS) is 12.3. The largest absolute Gasteiger partial charge is 0.478 e. The summed E-state index contributed by atoms with van der Waals surface area (Å²) in [7, 11) is 0. The summed E-state index contributed by atoms with van der Waals surface area (Å²) >= 11 is 0. The lowest BCUT2D eigenvalue weighted by atomic mass is 10.1. The van der Waals surface area contributed by atoms with E-state index in [2.05, 4.69) is 5.10 Å². The predicted molar refractivity (Wildman–Crippen MR) is 60.6 cm³/mol. The summed E-state index contributed by atoms with van der Waals surface area (Å²) in [5.74, 6) is -0.974. The maximum absolute atomic E-state index is 10.7. The van der Waals surface area contributed by atoms with Crippen LogP contribution in [0.3, 0.4) is 0 Å². The number of benzene rings is 1. The smallest absolute Gasteiger partial charge is 0.335 e. The molecule has 1 aromatic heterocycles. The second kappa shape index (κ2) is 4.80. The van der Waals surface area contributed by atoms with Crippen molar-refractivity contribution < 1.29 is 15.0 Å². The number of nitrogens with zero attached hydrogens (tertiary/aromatic N) is 2. The molecule has 0 fully saturated rings. The molecule has 1 atom stereocenters. The fraction of sp³-hybridized carbons (Fsp3) is 0.167. The van der Waals surface area contributed by atoms with Gasteiger partial charge < -0.3 is 10.2 Å². The minimum atomic E-state index is -0.974. The Balaban J connectivity index is 2.09. The van der Waals surface area contributed by atoms with Crippen LogP contribution in [0.4, 0.5) is 0 Å². The fourth-order valence-corrected chi connectivity index (χ4v) is 1.54. The van der Waals surface area contributed by atoms with Crippen LogP contribution < -0.4 is 0 Å².